The highest BCUT2D eigenvalue weighted by Gasteiger charge is 2.28. The Morgan fingerprint density at radius 2 is 2.00 bits per heavy atom. The molecule has 4 rings (SSSR count). The van der Waals surface area contributed by atoms with Crippen LogP contribution in [0.25, 0.3) is 0 Å². The summed E-state index contributed by atoms with van der Waals surface area (Å²) in [6, 6.07) is 10.3. The van der Waals surface area contributed by atoms with Gasteiger partial charge in [-0.25, -0.2) is 0 Å². The highest BCUT2D eigenvalue weighted by atomic mass is 79.9. The lowest BCUT2D eigenvalue weighted by Gasteiger charge is -2.33. The average molecular weight is 406 g/mol. The maximum absolute atomic E-state index is 12.9. The van der Waals surface area contributed by atoms with Gasteiger partial charge in [-0.15, -0.1) is 11.3 Å². The second kappa shape index (κ2) is 6.98. The second-order valence-corrected chi connectivity index (χ2v) is 8.48. The van der Waals surface area contributed by atoms with E-state index in [-0.39, 0.29) is 12.0 Å². The number of rotatable bonds is 2. The minimum Gasteiger partial charge on any atom is -0.370 e. The van der Waals surface area contributed by atoms with Gasteiger partial charge in [0.2, 0.25) is 0 Å². The molecule has 24 heavy (non-hydrogen) atoms. The van der Waals surface area contributed by atoms with Gasteiger partial charge < -0.3 is 9.64 Å². The van der Waals surface area contributed by atoms with Gasteiger partial charge in [0, 0.05) is 15.9 Å². The number of thiophene rings is 1. The minimum atomic E-state index is -0.0367. The van der Waals surface area contributed by atoms with Crippen molar-refractivity contribution in [1.82, 2.24) is 4.90 Å². The summed E-state index contributed by atoms with van der Waals surface area (Å²) in [5, 5.41) is 0. The zero-order chi connectivity index (χ0) is 16.5. The van der Waals surface area contributed by atoms with Crippen LogP contribution in [0.2, 0.25) is 0 Å². The number of halogens is 1. The number of fused-ring (bicyclic) bond motifs is 1. The highest BCUT2D eigenvalue weighted by Crippen LogP contribution is 2.31. The summed E-state index contributed by atoms with van der Waals surface area (Å²) in [7, 11) is 0. The summed E-state index contributed by atoms with van der Waals surface area (Å²) in [6.45, 7) is 1.90. The van der Waals surface area contributed by atoms with Gasteiger partial charge in [-0.1, -0.05) is 28.1 Å². The molecule has 0 radical (unpaired) electrons. The van der Waals surface area contributed by atoms with E-state index >= 15 is 0 Å². The number of morpholine rings is 1. The van der Waals surface area contributed by atoms with Crippen molar-refractivity contribution in [2.24, 2.45) is 0 Å². The van der Waals surface area contributed by atoms with E-state index < -0.39 is 0 Å². The molecule has 1 unspecified atom stereocenters. The Balaban J connectivity index is 1.50. The summed E-state index contributed by atoms with van der Waals surface area (Å²) in [4.78, 5) is 17.2. The summed E-state index contributed by atoms with van der Waals surface area (Å²) in [5.74, 6) is 0.166. The van der Waals surface area contributed by atoms with Crippen molar-refractivity contribution in [3.8, 4) is 0 Å². The first-order valence-electron chi connectivity index (χ1n) is 8.48. The Morgan fingerprint density at radius 3 is 2.79 bits per heavy atom. The second-order valence-electron chi connectivity index (χ2n) is 6.43. The van der Waals surface area contributed by atoms with Crippen LogP contribution in [0.15, 0.2) is 34.8 Å². The number of benzene rings is 1. The molecule has 1 aromatic heterocycles. The molecule has 2 heterocycles. The van der Waals surface area contributed by atoms with E-state index in [2.05, 4.69) is 34.1 Å². The molecule has 0 saturated carbocycles. The predicted molar refractivity (Wildman–Crippen MR) is 99.7 cm³/mol. The molecule has 1 aliphatic carbocycles. The van der Waals surface area contributed by atoms with Crippen molar-refractivity contribution in [3.63, 3.8) is 0 Å². The van der Waals surface area contributed by atoms with E-state index in [1.165, 1.54) is 23.3 Å². The van der Waals surface area contributed by atoms with E-state index in [1.807, 2.05) is 17.0 Å². The van der Waals surface area contributed by atoms with Crippen LogP contribution in [0.3, 0.4) is 0 Å². The van der Waals surface area contributed by atoms with Crippen molar-refractivity contribution >= 4 is 33.2 Å². The van der Waals surface area contributed by atoms with Crippen LogP contribution in [0.1, 0.15) is 44.6 Å². The average Bonchev–Trinajstić information content (AvgIpc) is 3.06. The van der Waals surface area contributed by atoms with E-state index in [4.69, 9.17) is 4.74 Å². The standard InChI is InChI=1S/C19H20BrNO2S/c20-15-7-5-13(6-8-15)16-12-21(9-10-23-16)19(22)18-11-14-3-1-2-4-17(14)24-18/h5-8,11,16H,1-4,9-10,12H2. The van der Waals surface area contributed by atoms with E-state index in [0.717, 1.165) is 27.8 Å². The maximum Gasteiger partial charge on any atom is 0.264 e. The lowest BCUT2D eigenvalue weighted by molar-refractivity contribution is -0.0226. The number of hydrogen-bond donors (Lipinski definition) is 0. The van der Waals surface area contributed by atoms with Gasteiger partial charge in [-0.3, -0.25) is 4.79 Å². The van der Waals surface area contributed by atoms with E-state index in [1.54, 1.807) is 11.3 Å². The van der Waals surface area contributed by atoms with Crippen LogP contribution in [0, 0.1) is 0 Å². The smallest absolute Gasteiger partial charge is 0.264 e. The summed E-state index contributed by atoms with van der Waals surface area (Å²) >= 11 is 5.16. The van der Waals surface area contributed by atoms with E-state index in [0.29, 0.717) is 19.7 Å². The number of aryl methyl sites for hydroxylation is 2. The molecule has 2 aliphatic rings. The van der Waals surface area contributed by atoms with Gasteiger partial charge in [0.25, 0.3) is 5.91 Å². The third kappa shape index (κ3) is 3.30. The number of ether oxygens (including phenoxy) is 1. The Kier molecular flexibility index (Phi) is 4.74. The fourth-order valence-corrected chi connectivity index (χ4v) is 4.95. The lowest BCUT2D eigenvalue weighted by Crippen LogP contribution is -2.42. The molecular formula is C19H20BrNO2S. The number of hydrogen-bond acceptors (Lipinski definition) is 3. The quantitative estimate of drug-likeness (QED) is 0.730. The molecule has 1 saturated heterocycles. The number of nitrogens with zero attached hydrogens (tertiary/aromatic N) is 1. The van der Waals surface area contributed by atoms with Crippen LogP contribution in [-0.4, -0.2) is 30.5 Å². The maximum atomic E-state index is 12.9. The Morgan fingerprint density at radius 1 is 1.21 bits per heavy atom. The van der Waals surface area contributed by atoms with Crippen molar-refractivity contribution in [3.05, 3.63) is 55.7 Å². The first kappa shape index (κ1) is 16.3. The third-order valence-corrected chi connectivity index (χ3v) is 6.56. The van der Waals surface area contributed by atoms with Crippen LogP contribution < -0.4 is 0 Å². The highest BCUT2D eigenvalue weighted by molar-refractivity contribution is 9.10. The van der Waals surface area contributed by atoms with Crippen molar-refractivity contribution in [2.45, 2.75) is 31.8 Å². The largest absolute Gasteiger partial charge is 0.370 e. The van der Waals surface area contributed by atoms with Gasteiger partial charge in [0.1, 0.15) is 6.10 Å². The van der Waals surface area contributed by atoms with Crippen LogP contribution >= 0.6 is 27.3 Å². The van der Waals surface area contributed by atoms with Gasteiger partial charge in [0.05, 0.1) is 18.0 Å². The van der Waals surface area contributed by atoms with Crippen molar-refractivity contribution in [2.75, 3.05) is 19.7 Å². The summed E-state index contributed by atoms with van der Waals surface area (Å²) < 4.78 is 6.95. The Labute approximate surface area is 154 Å². The van der Waals surface area contributed by atoms with Gasteiger partial charge in [-0.2, -0.15) is 0 Å². The number of amides is 1. The molecule has 0 bridgehead atoms. The van der Waals surface area contributed by atoms with Gasteiger partial charge in [-0.05, 0) is 55.0 Å². The molecule has 1 atom stereocenters. The van der Waals surface area contributed by atoms with E-state index in [9.17, 15) is 4.79 Å². The minimum absolute atomic E-state index is 0.0367. The van der Waals surface area contributed by atoms with Gasteiger partial charge >= 0.3 is 0 Å². The molecule has 1 aromatic carbocycles. The summed E-state index contributed by atoms with van der Waals surface area (Å²) in [5.41, 5.74) is 2.52. The molecule has 1 fully saturated rings. The van der Waals surface area contributed by atoms with Crippen LogP contribution in [-0.2, 0) is 17.6 Å². The predicted octanol–water partition coefficient (Wildman–Crippen LogP) is 4.60. The number of carbonyl (C=O) groups is 1. The summed E-state index contributed by atoms with van der Waals surface area (Å²) in [6.07, 6.45) is 4.73. The first-order valence-corrected chi connectivity index (χ1v) is 10.1. The molecule has 126 valence electrons. The fourth-order valence-electron chi connectivity index (χ4n) is 3.46. The molecule has 2 aromatic rings. The lowest BCUT2D eigenvalue weighted by atomic mass is 9.99. The molecule has 3 nitrogen and oxygen atoms in total. The van der Waals surface area contributed by atoms with Crippen molar-refractivity contribution in [1.29, 1.82) is 0 Å². The molecule has 1 aliphatic heterocycles. The topological polar surface area (TPSA) is 29.5 Å². The normalized spacial score (nSPS) is 20.7. The molecule has 0 N–H and O–H groups in total. The molecule has 5 heteroatoms. The zero-order valence-corrected chi connectivity index (χ0v) is 15.9. The van der Waals surface area contributed by atoms with Crippen LogP contribution in [0.5, 0.6) is 0 Å². The van der Waals surface area contributed by atoms with Gasteiger partial charge in [0.15, 0.2) is 0 Å². The number of carbonyl (C=O) groups excluding carboxylic acids is 1. The third-order valence-electron chi connectivity index (χ3n) is 4.80. The SMILES string of the molecule is O=C(c1cc2c(s1)CCCC2)N1CCOC(c2ccc(Br)cc2)C1. The van der Waals surface area contributed by atoms with Crippen LogP contribution in [0.4, 0.5) is 0 Å². The fraction of sp³-hybridized carbons (Fsp3) is 0.421. The molecule has 1 amide bonds. The molecule has 0 spiro atoms. The zero-order valence-electron chi connectivity index (χ0n) is 13.5. The Hall–Kier alpha value is -1.17. The van der Waals surface area contributed by atoms with Crippen molar-refractivity contribution < 1.29 is 9.53 Å². The monoisotopic (exact) mass is 405 g/mol. The molecular weight excluding hydrogens is 386 g/mol. The first-order chi connectivity index (χ1) is 11.7. The Bertz CT molecular complexity index is 717.